The van der Waals surface area contributed by atoms with Gasteiger partial charge in [0.15, 0.2) is 0 Å². The lowest BCUT2D eigenvalue weighted by Gasteiger charge is -2.27. The molecule has 8 nitrogen and oxygen atoms in total. The van der Waals surface area contributed by atoms with E-state index in [1.54, 1.807) is 0 Å². The fraction of sp³-hybridized carbons (Fsp3) is 0.125. The summed E-state index contributed by atoms with van der Waals surface area (Å²) in [4.78, 5) is 36.5. The second-order valence-electron chi connectivity index (χ2n) is 3.42. The molecule has 98 valence electrons. The molecule has 0 bridgehead atoms. The Morgan fingerprint density at radius 2 is 1.50 bits per heavy atom. The first-order chi connectivity index (χ1) is 8.17. The van der Waals surface area contributed by atoms with Crippen molar-refractivity contribution in [2.45, 2.75) is 4.90 Å². The highest BCUT2D eigenvalue weighted by Gasteiger charge is 2.64. The summed E-state index contributed by atoms with van der Waals surface area (Å²) in [7, 11) is -10.7. The Kier molecular flexibility index (Phi) is 4.05. The van der Waals surface area contributed by atoms with E-state index < -0.39 is 20.1 Å². The van der Waals surface area contributed by atoms with Crippen LogP contribution in [0.4, 0.5) is 0 Å². The summed E-state index contributed by atoms with van der Waals surface area (Å²) in [5.74, 6) is 0. The van der Waals surface area contributed by atoms with Crippen LogP contribution < -0.4 is 0 Å². The Morgan fingerprint density at radius 1 is 1.06 bits per heavy atom. The van der Waals surface area contributed by atoms with Crippen LogP contribution in [0.2, 0.25) is 0 Å². The largest absolute Gasteiger partial charge is 0.362 e. The van der Waals surface area contributed by atoms with Gasteiger partial charge in [-0.15, -0.1) is 0 Å². The lowest BCUT2D eigenvalue weighted by Crippen LogP contribution is -2.28. The van der Waals surface area contributed by atoms with Gasteiger partial charge in [0, 0.05) is 0 Å². The smallest absolute Gasteiger partial charge is 0.359 e. The van der Waals surface area contributed by atoms with E-state index in [1.165, 1.54) is 18.2 Å². The molecule has 4 N–H and O–H groups in total. The van der Waals surface area contributed by atoms with Crippen molar-refractivity contribution in [2.24, 2.45) is 0 Å². The fourth-order valence-corrected chi connectivity index (χ4v) is 4.23. The summed E-state index contributed by atoms with van der Waals surface area (Å²) in [6.45, 7) is 0. The summed E-state index contributed by atoms with van der Waals surface area (Å²) in [6, 6.07) is 6.45. The molecule has 18 heavy (non-hydrogen) atoms. The van der Waals surface area contributed by atoms with E-state index in [-0.39, 0.29) is 11.8 Å². The van der Waals surface area contributed by atoms with E-state index in [2.05, 4.69) is 4.79 Å². The van der Waals surface area contributed by atoms with E-state index in [0.717, 1.165) is 12.1 Å². The molecule has 0 saturated heterocycles. The molecule has 0 fully saturated rings. The third-order valence-corrected chi connectivity index (χ3v) is 6.41. The summed E-state index contributed by atoms with van der Waals surface area (Å²) >= 11 is 0. The van der Waals surface area contributed by atoms with Gasteiger partial charge in [0.25, 0.3) is 11.1 Å². The number of nitrogens with zero attached hydrogens (tertiary/aromatic N) is 2. The second kappa shape index (κ2) is 4.88. The van der Waals surface area contributed by atoms with Crippen LogP contribution in [0.3, 0.4) is 0 Å². The number of hydrogen-bond donors (Lipinski definition) is 4. The monoisotopic (exact) mass is 292 g/mol. The third-order valence-electron chi connectivity index (χ3n) is 2.32. The van der Waals surface area contributed by atoms with Crippen LogP contribution >= 0.6 is 15.2 Å². The van der Waals surface area contributed by atoms with Gasteiger partial charge in [-0.1, -0.05) is 30.3 Å². The predicted molar refractivity (Wildman–Crippen MR) is 61.9 cm³/mol. The maximum absolute atomic E-state index is 11.5. The molecule has 0 radical (unpaired) electrons. The van der Waals surface area contributed by atoms with Crippen molar-refractivity contribution in [1.29, 1.82) is 0 Å². The summed E-state index contributed by atoms with van der Waals surface area (Å²) in [5, 5.41) is 0. The van der Waals surface area contributed by atoms with Gasteiger partial charge in [-0.2, -0.15) is 4.79 Å². The number of rotatable bonds is 4. The quantitative estimate of drug-likeness (QED) is 0.274. The number of hydrogen-bond acceptors (Lipinski definition) is 2. The molecule has 0 aliphatic carbocycles. The Labute approximate surface area is 102 Å². The molecule has 0 spiro atoms. The highest BCUT2D eigenvalue weighted by Crippen LogP contribution is 2.73. The van der Waals surface area contributed by atoms with Gasteiger partial charge in [0.05, 0.1) is 0 Å². The molecule has 1 aromatic carbocycles. The maximum atomic E-state index is 11.5. The SMILES string of the molecule is [N-]=[N+]=CC(c1ccccc1)(P(=O)(O)O)P(=O)(O)O. The summed E-state index contributed by atoms with van der Waals surface area (Å²) < 4.78 is 23.0. The molecule has 0 saturated carbocycles. The van der Waals surface area contributed by atoms with Gasteiger partial charge in [-0.3, -0.25) is 9.13 Å². The van der Waals surface area contributed by atoms with Crippen molar-refractivity contribution in [3.05, 3.63) is 41.4 Å². The van der Waals surface area contributed by atoms with E-state index in [0.29, 0.717) is 0 Å². The molecule has 0 aromatic heterocycles. The minimum atomic E-state index is -5.34. The fourth-order valence-electron chi connectivity index (χ4n) is 1.49. The van der Waals surface area contributed by atoms with Crippen LogP contribution in [0.1, 0.15) is 5.56 Å². The lowest BCUT2D eigenvalue weighted by molar-refractivity contribution is -0.000969. The molecular weight excluding hydrogens is 282 g/mol. The van der Waals surface area contributed by atoms with Crippen molar-refractivity contribution < 1.29 is 33.5 Å². The first-order valence-corrected chi connectivity index (χ1v) is 7.74. The van der Waals surface area contributed by atoms with Crippen LogP contribution in [-0.4, -0.2) is 30.6 Å². The number of benzene rings is 1. The van der Waals surface area contributed by atoms with Gasteiger partial charge in [-0.05, 0) is 5.56 Å². The van der Waals surface area contributed by atoms with Gasteiger partial charge >= 0.3 is 15.2 Å². The highest BCUT2D eigenvalue weighted by molar-refractivity contribution is 7.73. The Bertz CT molecular complexity index is 549. The summed E-state index contributed by atoms with van der Waals surface area (Å²) in [6.07, 6.45) is 0.171. The minimum Gasteiger partial charge on any atom is -0.362 e. The standard InChI is InChI=1S/C8H10N2O6P2/c9-10-6-8(17(11,12)13,18(14,15)16)7-4-2-1-3-5-7/h1-6H,(H2,11,12,13)(H2,14,15,16). The van der Waals surface area contributed by atoms with Crippen molar-refractivity contribution in [2.75, 3.05) is 0 Å². The topological polar surface area (TPSA) is 151 Å². The van der Waals surface area contributed by atoms with E-state index in [1.807, 2.05) is 0 Å². The Morgan fingerprint density at radius 3 is 1.83 bits per heavy atom. The van der Waals surface area contributed by atoms with Gasteiger partial charge < -0.3 is 25.1 Å². The predicted octanol–water partition coefficient (Wildman–Crippen LogP) is 0.495. The maximum Gasteiger partial charge on any atom is 0.359 e. The molecule has 0 heterocycles. The van der Waals surface area contributed by atoms with E-state index in [4.69, 9.17) is 5.53 Å². The molecule has 10 heteroatoms. The van der Waals surface area contributed by atoms with Crippen molar-refractivity contribution >= 4 is 21.4 Å². The molecule has 1 aromatic rings. The molecule has 0 aliphatic heterocycles. The van der Waals surface area contributed by atoms with Crippen molar-refractivity contribution in [3.63, 3.8) is 0 Å². The first-order valence-electron chi connectivity index (χ1n) is 4.52. The second-order valence-corrected chi connectivity index (χ2v) is 7.36. The van der Waals surface area contributed by atoms with Crippen LogP contribution in [0.5, 0.6) is 0 Å². The highest BCUT2D eigenvalue weighted by atomic mass is 31.2. The zero-order valence-electron chi connectivity index (χ0n) is 8.86. The average Bonchev–Trinajstić information content (AvgIpc) is 2.23. The zero-order valence-corrected chi connectivity index (χ0v) is 10.6. The normalized spacial score (nSPS) is 12.9. The van der Waals surface area contributed by atoms with E-state index >= 15 is 0 Å². The molecular formula is C8H10N2O6P2. The zero-order chi connectivity index (χ0) is 14.0. The van der Waals surface area contributed by atoms with Crippen molar-refractivity contribution in [3.8, 4) is 0 Å². The molecule has 0 unspecified atom stereocenters. The lowest BCUT2D eigenvalue weighted by atomic mass is 10.1. The minimum absolute atomic E-state index is 0.171. The molecule has 0 aliphatic rings. The van der Waals surface area contributed by atoms with Gasteiger partial charge in [-0.25, -0.2) is 0 Å². The van der Waals surface area contributed by atoms with Gasteiger partial charge in [0.2, 0.25) is 0 Å². The van der Waals surface area contributed by atoms with Crippen LogP contribution in [-0.2, 0) is 14.0 Å². The molecule has 0 atom stereocenters. The Balaban J connectivity index is 3.78. The molecule has 0 amide bonds. The van der Waals surface area contributed by atoms with Crippen molar-refractivity contribution in [1.82, 2.24) is 0 Å². The Hall–Kier alpha value is -1.10. The third kappa shape index (κ3) is 2.36. The first kappa shape index (κ1) is 15.0. The molecule has 1 rings (SSSR count). The van der Waals surface area contributed by atoms with Gasteiger partial charge in [0.1, 0.15) is 0 Å². The average molecular weight is 292 g/mol. The van der Waals surface area contributed by atoms with Crippen LogP contribution in [0.15, 0.2) is 30.3 Å². The van der Waals surface area contributed by atoms with Crippen LogP contribution in [0.25, 0.3) is 5.53 Å². The summed E-state index contributed by atoms with van der Waals surface area (Å²) in [5.41, 5.74) is 8.13. The van der Waals surface area contributed by atoms with E-state index in [9.17, 15) is 28.7 Å². The van der Waals surface area contributed by atoms with Crippen LogP contribution in [0, 0.1) is 0 Å².